The molecule has 2 aromatic rings. The molecule has 0 unspecified atom stereocenters. The van der Waals surface area contributed by atoms with Crippen molar-refractivity contribution in [3.8, 4) is 5.75 Å². The van der Waals surface area contributed by atoms with Crippen LogP contribution < -0.4 is 9.64 Å². The maximum absolute atomic E-state index is 14.5. The van der Waals surface area contributed by atoms with Crippen LogP contribution in [-0.2, 0) is 21.1 Å². The Bertz CT molecular complexity index is 1090. The first-order chi connectivity index (χ1) is 13.9. The number of hydrogen-bond acceptors (Lipinski definition) is 5. The molecule has 0 spiro atoms. The highest BCUT2D eigenvalue weighted by atomic mass is 32.2. The lowest BCUT2D eigenvalue weighted by atomic mass is 10.1. The Morgan fingerprint density at radius 1 is 1.21 bits per heavy atom. The van der Waals surface area contributed by atoms with Crippen molar-refractivity contribution in [3.63, 3.8) is 0 Å². The summed E-state index contributed by atoms with van der Waals surface area (Å²) in [6.07, 6.45) is 0.0345. The molecule has 0 N–H and O–H groups in total. The van der Waals surface area contributed by atoms with Crippen LogP contribution in [0, 0.1) is 5.82 Å². The third kappa shape index (κ3) is 4.02. The molecule has 2 aromatic carbocycles. The highest BCUT2D eigenvalue weighted by Crippen LogP contribution is 2.41. The molecule has 2 aliphatic rings. The Morgan fingerprint density at radius 3 is 2.69 bits per heavy atom. The van der Waals surface area contributed by atoms with Gasteiger partial charge in [-0.2, -0.15) is 4.99 Å². The minimum atomic E-state index is -3.21. The van der Waals surface area contributed by atoms with Gasteiger partial charge in [0.1, 0.15) is 11.6 Å². The zero-order chi connectivity index (χ0) is 20.6. The van der Waals surface area contributed by atoms with Crippen LogP contribution in [0.3, 0.4) is 0 Å². The third-order valence-corrected chi connectivity index (χ3v) is 8.14. The Hall–Kier alpha value is -2.39. The average molecular weight is 435 g/mol. The summed E-state index contributed by atoms with van der Waals surface area (Å²) in [5, 5.41) is 0.0531. The van der Waals surface area contributed by atoms with E-state index in [1.54, 1.807) is 35.2 Å². The SMILES string of the molecule is COc1ccccc1CC(=O)N=C1S[C@H]2CS(=O)(=O)C[C@H]2N1c1ccccc1F. The van der Waals surface area contributed by atoms with Crippen molar-refractivity contribution >= 4 is 38.4 Å². The number of aliphatic imine (C=N–C) groups is 1. The number of amidine groups is 1. The predicted octanol–water partition coefficient (Wildman–Crippen LogP) is 2.68. The number of methoxy groups -OCH3 is 1. The number of halogens is 1. The maximum atomic E-state index is 14.5. The molecule has 1 amide bonds. The fourth-order valence-electron chi connectivity index (χ4n) is 3.65. The van der Waals surface area contributed by atoms with Crippen molar-refractivity contribution in [2.24, 2.45) is 4.99 Å². The highest BCUT2D eigenvalue weighted by molar-refractivity contribution is 8.16. The second kappa shape index (κ2) is 7.79. The van der Waals surface area contributed by atoms with Gasteiger partial charge in [0.2, 0.25) is 0 Å². The van der Waals surface area contributed by atoms with Gasteiger partial charge in [0.25, 0.3) is 5.91 Å². The predicted molar refractivity (Wildman–Crippen MR) is 112 cm³/mol. The minimum absolute atomic E-state index is 0.00694. The van der Waals surface area contributed by atoms with E-state index in [1.807, 2.05) is 12.1 Å². The number of sulfone groups is 1. The lowest BCUT2D eigenvalue weighted by Crippen LogP contribution is -2.38. The highest BCUT2D eigenvalue weighted by Gasteiger charge is 2.49. The summed E-state index contributed by atoms with van der Waals surface area (Å²) in [5.41, 5.74) is 0.931. The molecule has 2 aliphatic heterocycles. The topological polar surface area (TPSA) is 76.0 Å². The molecule has 0 saturated carbocycles. The lowest BCUT2D eigenvalue weighted by Gasteiger charge is -2.24. The van der Waals surface area contributed by atoms with E-state index >= 15 is 0 Å². The number of amides is 1. The fraction of sp³-hybridized carbons (Fsp3) is 0.300. The number of para-hydroxylation sites is 2. The lowest BCUT2D eigenvalue weighted by molar-refractivity contribution is -0.117. The van der Waals surface area contributed by atoms with Crippen LogP contribution in [0.4, 0.5) is 10.1 Å². The monoisotopic (exact) mass is 434 g/mol. The van der Waals surface area contributed by atoms with Gasteiger partial charge in [0, 0.05) is 10.8 Å². The molecular weight excluding hydrogens is 415 g/mol. The van der Waals surface area contributed by atoms with Gasteiger partial charge < -0.3 is 9.64 Å². The van der Waals surface area contributed by atoms with Gasteiger partial charge in [0.15, 0.2) is 15.0 Å². The van der Waals surface area contributed by atoms with Gasteiger partial charge in [-0.05, 0) is 18.2 Å². The Morgan fingerprint density at radius 2 is 1.93 bits per heavy atom. The van der Waals surface area contributed by atoms with Crippen molar-refractivity contribution in [1.82, 2.24) is 0 Å². The molecular formula is C20H19FN2O4S2. The number of benzene rings is 2. The van der Waals surface area contributed by atoms with E-state index in [0.29, 0.717) is 16.5 Å². The first-order valence-electron chi connectivity index (χ1n) is 9.02. The van der Waals surface area contributed by atoms with Crippen molar-refractivity contribution in [1.29, 1.82) is 0 Å². The number of rotatable bonds is 4. The summed E-state index contributed by atoms with van der Waals surface area (Å²) in [7, 11) is -1.68. The molecule has 2 fully saturated rings. The van der Waals surface area contributed by atoms with Crippen LogP contribution in [0.1, 0.15) is 5.56 Å². The van der Waals surface area contributed by atoms with Crippen LogP contribution in [0.5, 0.6) is 5.75 Å². The summed E-state index contributed by atoms with van der Waals surface area (Å²) in [4.78, 5) is 18.4. The molecule has 0 bridgehead atoms. The summed E-state index contributed by atoms with van der Waals surface area (Å²) < 4.78 is 43.9. The Labute approximate surface area is 172 Å². The molecule has 2 atom stereocenters. The number of ether oxygens (including phenoxy) is 1. The second-order valence-electron chi connectivity index (χ2n) is 6.90. The largest absolute Gasteiger partial charge is 0.496 e. The van der Waals surface area contributed by atoms with Gasteiger partial charge in [-0.3, -0.25) is 4.79 Å². The normalized spacial score (nSPS) is 23.9. The molecule has 4 rings (SSSR count). The third-order valence-electron chi connectivity index (χ3n) is 4.93. The van der Waals surface area contributed by atoms with Gasteiger partial charge in [-0.15, -0.1) is 0 Å². The van der Waals surface area contributed by atoms with Crippen LogP contribution in [0.15, 0.2) is 53.5 Å². The zero-order valence-electron chi connectivity index (χ0n) is 15.6. The first kappa shape index (κ1) is 19.9. The summed E-state index contributed by atoms with van der Waals surface area (Å²) >= 11 is 1.22. The molecule has 2 saturated heterocycles. The van der Waals surface area contributed by atoms with E-state index in [2.05, 4.69) is 4.99 Å². The number of nitrogens with zero attached hydrogens (tertiary/aromatic N) is 2. The van der Waals surface area contributed by atoms with Crippen molar-refractivity contribution in [2.75, 3.05) is 23.5 Å². The molecule has 29 heavy (non-hydrogen) atoms. The number of anilines is 1. The van der Waals surface area contributed by atoms with Crippen molar-refractivity contribution < 1.29 is 22.3 Å². The summed E-state index contributed by atoms with van der Waals surface area (Å²) in [6.45, 7) is 0. The van der Waals surface area contributed by atoms with E-state index in [1.165, 1.54) is 24.9 Å². The van der Waals surface area contributed by atoms with Crippen LogP contribution in [0.2, 0.25) is 0 Å². The smallest absolute Gasteiger partial charge is 0.252 e. The van der Waals surface area contributed by atoms with Gasteiger partial charge >= 0.3 is 0 Å². The molecule has 2 heterocycles. The van der Waals surface area contributed by atoms with E-state index in [9.17, 15) is 17.6 Å². The first-order valence-corrected chi connectivity index (χ1v) is 11.7. The van der Waals surface area contributed by atoms with Crippen molar-refractivity contribution in [2.45, 2.75) is 17.7 Å². The zero-order valence-corrected chi connectivity index (χ0v) is 17.2. The van der Waals surface area contributed by atoms with E-state index in [0.717, 1.165) is 0 Å². The van der Waals surface area contributed by atoms with E-state index < -0.39 is 27.6 Å². The van der Waals surface area contributed by atoms with E-state index in [4.69, 9.17) is 4.74 Å². The van der Waals surface area contributed by atoms with Crippen LogP contribution in [0.25, 0.3) is 0 Å². The minimum Gasteiger partial charge on any atom is -0.496 e. The maximum Gasteiger partial charge on any atom is 0.252 e. The molecule has 152 valence electrons. The summed E-state index contributed by atoms with van der Waals surface area (Å²) in [5.74, 6) is -0.385. The number of fused-ring (bicyclic) bond motifs is 1. The average Bonchev–Trinajstić information content (AvgIpc) is 3.13. The number of thioether (sulfide) groups is 1. The van der Waals surface area contributed by atoms with Gasteiger partial charge in [0.05, 0.1) is 36.8 Å². The number of hydrogen-bond donors (Lipinski definition) is 0. The fourth-order valence-corrected chi connectivity index (χ4v) is 7.58. The number of carbonyl (C=O) groups excluding carboxylic acids is 1. The standard InChI is InChI=1S/C20H19FN2O4S2/c1-27-17-9-5-2-6-13(17)10-19(24)22-20-23(15-8-4-3-7-14(15)21)16-11-29(25,26)12-18(16)28-20/h2-9,16,18H,10-12H2,1H3/t16-,18+/m1/s1. The number of carbonyl (C=O) groups is 1. The molecule has 6 nitrogen and oxygen atoms in total. The molecule has 0 aliphatic carbocycles. The quantitative estimate of drug-likeness (QED) is 0.737. The van der Waals surface area contributed by atoms with Gasteiger partial charge in [-0.25, -0.2) is 12.8 Å². The molecule has 0 radical (unpaired) electrons. The van der Waals surface area contributed by atoms with Crippen LogP contribution in [-0.4, -0.2) is 49.4 Å². The van der Waals surface area contributed by atoms with Crippen molar-refractivity contribution in [3.05, 3.63) is 59.9 Å². The van der Waals surface area contributed by atoms with Crippen LogP contribution >= 0.6 is 11.8 Å². The second-order valence-corrected chi connectivity index (χ2v) is 10.3. The van der Waals surface area contributed by atoms with Gasteiger partial charge in [-0.1, -0.05) is 42.1 Å². The van der Waals surface area contributed by atoms with E-state index in [-0.39, 0.29) is 28.9 Å². The Balaban J connectivity index is 1.66. The Kier molecular flexibility index (Phi) is 5.35. The molecule has 0 aromatic heterocycles. The molecule has 9 heteroatoms. The summed E-state index contributed by atoms with van der Waals surface area (Å²) in [6, 6.07) is 12.9.